The molecule has 0 aliphatic rings. The summed E-state index contributed by atoms with van der Waals surface area (Å²) in [5, 5.41) is 13.9. The van der Waals surface area contributed by atoms with E-state index in [9.17, 15) is 5.26 Å². The topological polar surface area (TPSA) is 42.4 Å². The van der Waals surface area contributed by atoms with Gasteiger partial charge in [0.1, 0.15) is 0 Å². The molecular weight excluding hydrogens is 611 g/mol. The van der Waals surface area contributed by atoms with Crippen LogP contribution in [0.4, 0.5) is 11.4 Å². The highest BCUT2D eigenvalue weighted by Gasteiger charge is 2.18. The summed E-state index contributed by atoms with van der Waals surface area (Å²) in [4.78, 5) is 7.41. The summed E-state index contributed by atoms with van der Waals surface area (Å²) < 4.78 is 4.47. The number of nitriles is 1. The van der Waals surface area contributed by atoms with Crippen molar-refractivity contribution < 1.29 is 0 Å². The van der Waals surface area contributed by atoms with Crippen LogP contribution in [0.2, 0.25) is 0 Å². The number of hydrogen-bond acceptors (Lipinski definition) is 1. The van der Waals surface area contributed by atoms with Crippen LogP contribution in [0, 0.1) is 24.5 Å². The molecule has 0 saturated carbocycles. The van der Waals surface area contributed by atoms with E-state index in [0.717, 1.165) is 55.4 Å². The predicted molar refractivity (Wildman–Crippen MR) is 203 cm³/mol. The van der Waals surface area contributed by atoms with E-state index in [-0.39, 0.29) is 0 Å². The van der Waals surface area contributed by atoms with Crippen LogP contribution in [0.1, 0.15) is 5.56 Å². The Labute approximate surface area is 288 Å². The maximum atomic E-state index is 9.65. The van der Waals surface area contributed by atoms with E-state index in [2.05, 4.69) is 122 Å². The van der Waals surface area contributed by atoms with Gasteiger partial charge in [0.25, 0.3) is 0 Å². The summed E-state index contributed by atoms with van der Waals surface area (Å²) >= 11 is 0. The summed E-state index contributed by atoms with van der Waals surface area (Å²) in [6.07, 6.45) is 0. The Bertz CT molecular complexity index is 2810. The van der Waals surface area contributed by atoms with E-state index in [1.165, 1.54) is 21.8 Å². The third-order valence-electron chi connectivity index (χ3n) is 9.59. The Kier molecular flexibility index (Phi) is 6.56. The number of aromatic nitrogens is 2. The summed E-state index contributed by atoms with van der Waals surface area (Å²) in [6, 6.07) is 53.7. The van der Waals surface area contributed by atoms with Crippen molar-refractivity contribution in [2.75, 3.05) is 0 Å². The van der Waals surface area contributed by atoms with Crippen molar-refractivity contribution in [2.45, 2.75) is 0 Å². The highest BCUT2D eigenvalue weighted by atomic mass is 15.0. The predicted octanol–water partition coefficient (Wildman–Crippen LogP) is 12.2. The van der Waals surface area contributed by atoms with Crippen molar-refractivity contribution >= 4 is 55.0 Å². The van der Waals surface area contributed by atoms with Crippen LogP contribution < -0.4 is 0 Å². The first kappa shape index (κ1) is 28.8. The molecule has 0 fully saturated rings. The van der Waals surface area contributed by atoms with Crippen molar-refractivity contribution in [3.8, 4) is 39.7 Å². The molecule has 0 bridgehead atoms. The molecule has 5 heteroatoms. The number of hydrogen-bond donors (Lipinski definition) is 0. The normalized spacial score (nSPS) is 11.1. The van der Waals surface area contributed by atoms with E-state index in [4.69, 9.17) is 13.1 Å². The van der Waals surface area contributed by atoms with Gasteiger partial charge in [0.15, 0.2) is 11.4 Å². The quantitative estimate of drug-likeness (QED) is 0.177. The molecule has 2 heterocycles. The Morgan fingerprint density at radius 1 is 0.460 bits per heavy atom. The molecule has 7 aromatic carbocycles. The first-order valence-electron chi connectivity index (χ1n) is 16.2. The number of para-hydroxylation sites is 2. The molecule has 5 nitrogen and oxygen atoms in total. The zero-order valence-corrected chi connectivity index (χ0v) is 26.7. The monoisotopic (exact) mass is 635 g/mol. The molecule has 50 heavy (non-hydrogen) atoms. The van der Waals surface area contributed by atoms with Gasteiger partial charge in [-0.05, 0) is 82.7 Å². The first-order valence-corrected chi connectivity index (χ1v) is 16.2. The minimum Gasteiger partial charge on any atom is -0.310 e. The van der Waals surface area contributed by atoms with Crippen LogP contribution in [0.25, 0.3) is 86.9 Å². The number of benzene rings is 7. The van der Waals surface area contributed by atoms with Gasteiger partial charge in [-0.3, -0.25) is 0 Å². The molecule has 2 aromatic heterocycles. The van der Waals surface area contributed by atoms with Crippen molar-refractivity contribution in [3.63, 3.8) is 0 Å². The van der Waals surface area contributed by atoms with Gasteiger partial charge in [0.2, 0.25) is 0 Å². The zero-order chi connectivity index (χ0) is 33.8. The minimum absolute atomic E-state index is 0.533. The highest BCUT2D eigenvalue weighted by molar-refractivity contribution is 6.11. The fourth-order valence-corrected chi connectivity index (χ4v) is 7.27. The molecule has 0 aliphatic heterocycles. The van der Waals surface area contributed by atoms with Crippen molar-refractivity contribution in [3.05, 3.63) is 180 Å². The summed E-state index contributed by atoms with van der Waals surface area (Å²) in [6.45, 7) is 15.4. The Morgan fingerprint density at radius 2 is 0.980 bits per heavy atom. The van der Waals surface area contributed by atoms with E-state index >= 15 is 0 Å². The van der Waals surface area contributed by atoms with Gasteiger partial charge in [-0.1, -0.05) is 91.0 Å². The maximum absolute atomic E-state index is 9.65. The molecule has 9 aromatic rings. The van der Waals surface area contributed by atoms with E-state index in [0.29, 0.717) is 16.9 Å². The van der Waals surface area contributed by atoms with Gasteiger partial charge in [0, 0.05) is 33.1 Å². The molecule has 0 radical (unpaired) electrons. The van der Waals surface area contributed by atoms with Crippen LogP contribution in [0.5, 0.6) is 0 Å². The Morgan fingerprint density at radius 3 is 1.62 bits per heavy atom. The fraction of sp³-hybridized carbons (Fsp3) is 0. The molecular formula is C45H25N5. The summed E-state index contributed by atoms with van der Waals surface area (Å²) in [7, 11) is 0. The van der Waals surface area contributed by atoms with Crippen LogP contribution in [0.3, 0.4) is 0 Å². The second-order valence-electron chi connectivity index (χ2n) is 12.3. The Balaban J connectivity index is 1.13. The van der Waals surface area contributed by atoms with Crippen LogP contribution in [-0.2, 0) is 0 Å². The van der Waals surface area contributed by atoms with Crippen molar-refractivity contribution in [1.82, 2.24) is 9.13 Å². The second kappa shape index (κ2) is 11.4. The number of nitrogens with zero attached hydrogens (tertiary/aromatic N) is 5. The van der Waals surface area contributed by atoms with Crippen LogP contribution in [0.15, 0.2) is 152 Å². The average molecular weight is 636 g/mol. The third-order valence-corrected chi connectivity index (χ3v) is 9.59. The van der Waals surface area contributed by atoms with Gasteiger partial charge in [-0.2, -0.15) is 5.26 Å². The lowest BCUT2D eigenvalue weighted by Crippen LogP contribution is -1.97. The second-order valence-corrected chi connectivity index (χ2v) is 12.3. The SMILES string of the molecule is [C-]#[N+]c1ccc(-c2ccc(-c3ccc(-n4c5ccccc5c5ccccc54)cc3)cc2)c(-n2c3ccc(C#N)cc3c3cc([N+]#[C-])ccc32)c1. The van der Waals surface area contributed by atoms with Gasteiger partial charge >= 0.3 is 0 Å². The molecule has 0 amide bonds. The minimum atomic E-state index is 0.533. The van der Waals surface area contributed by atoms with Gasteiger partial charge in [-0.25, -0.2) is 9.69 Å². The molecule has 0 atom stereocenters. The molecule has 0 saturated heterocycles. The van der Waals surface area contributed by atoms with Crippen LogP contribution in [-0.4, -0.2) is 9.13 Å². The zero-order valence-electron chi connectivity index (χ0n) is 26.7. The lowest BCUT2D eigenvalue weighted by molar-refractivity contribution is 1.18. The number of fused-ring (bicyclic) bond motifs is 6. The molecule has 0 unspecified atom stereocenters. The summed E-state index contributed by atoms with van der Waals surface area (Å²) in [5.74, 6) is 0. The molecule has 9 rings (SSSR count). The fourth-order valence-electron chi connectivity index (χ4n) is 7.27. The molecule has 0 N–H and O–H groups in total. The molecule has 0 aliphatic carbocycles. The van der Waals surface area contributed by atoms with Gasteiger partial charge < -0.3 is 9.13 Å². The standard InChI is InChI=1S/C45H25N5/c1-47-33-19-24-44-40(26-33)39-25-29(28-46)11-23-43(39)50(44)45-27-34(48-2)18-22-36(45)32-14-12-30(13-15-32)31-16-20-35(21-17-31)49-41-9-5-3-7-37(41)38-8-4-6-10-42(38)49/h3-27H. The molecule has 0 spiro atoms. The van der Waals surface area contributed by atoms with Crippen molar-refractivity contribution in [1.29, 1.82) is 5.26 Å². The largest absolute Gasteiger partial charge is 0.310 e. The Hall–Kier alpha value is -7.39. The van der Waals surface area contributed by atoms with Gasteiger partial charge in [-0.15, -0.1) is 0 Å². The smallest absolute Gasteiger partial charge is 0.189 e. The lowest BCUT2D eigenvalue weighted by atomic mass is 9.98. The van der Waals surface area contributed by atoms with E-state index < -0.39 is 0 Å². The lowest BCUT2D eigenvalue weighted by Gasteiger charge is -2.15. The maximum Gasteiger partial charge on any atom is 0.189 e. The van der Waals surface area contributed by atoms with Crippen LogP contribution >= 0.6 is 0 Å². The first-order chi connectivity index (χ1) is 24.6. The summed E-state index contributed by atoms with van der Waals surface area (Å²) in [5.41, 5.74) is 12.0. The molecule has 230 valence electrons. The van der Waals surface area contributed by atoms with E-state index in [1.807, 2.05) is 54.6 Å². The highest BCUT2D eigenvalue weighted by Crippen LogP contribution is 2.40. The number of rotatable bonds is 4. The van der Waals surface area contributed by atoms with Gasteiger partial charge in [0.05, 0.1) is 46.8 Å². The third kappa shape index (κ3) is 4.45. The van der Waals surface area contributed by atoms with E-state index in [1.54, 1.807) is 0 Å². The van der Waals surface area contributed by atoms with Crippen molar-refractivity contribution in [2.24, 2.45) is 0 Å². The average Bonchev–Trinajstić information content (AvgIpc) is 3.70.